The Morgan fingerprint density at radius 2 is 1.95 bits per heavy atom. The van der Waals surface area contributed by atoms with Crippen molar-refractivity contribution < 1.29 is 0 Å². The van der Waals surface area contributed by atoms with Crippen molar-refractivity contribution in [2.24, 2.45) is 4.99 Å². The van der Waals surface area contributed by atoms with Gasteiger partial charge in [-0.05, 0) is 23.8 Å². The Kier molecular flexibility index (Phi) is 3.25. The Morgan fingerprint density at radius 1 is 1.05 bits per heavy atom. The summed E-state index contributed by atoms with van der Waals surface area (Å²) < 4.78 is 0. The van der Waals surface area contributed by atoms with Crippen LogP contribution < -0.4 is 0 Å². The number of aromatic nitrogens is 2. The highest BCUT2D eigenvalue weighted by Gasteiger charge is 2.20. The number of nitrogens with one attached hydrogen (secondary N) is 1. The maximum Gasteiger partial charge on any atom is 0.137 e. The van der Waals surface area contributed by atoms with Crippen LogP contribution in [0.2, 0.25) is 10.0 Å². The lowest BCUT2D eigenvalue weighted by atomic mass is 9.97. The minimum atomic E-state index is 0.548. The van der Waals surface area contributed by atoms with Crippen LogP contribution in [-0.4, -0.2) is 22.7 Å². The van der Waals surface area contributed by atoms with Crippen molar-refractivity contribution in [1.29, 1.82) is 0 Å². The molecule has 0 unspecified atom stereocenters. The van der Waals surface area contributed by atoms with Gasteiger partial charge in [-0.15, -0.1) is 0 Å². The van der Waals surface area contributed by atoms with Crippen LogP contribution in [0, 0.1) is 0 Å². The second kappa shape index (κ2) is 5.27. The monoisotopic (exact) mass is 327 g/mol. The summed E-state index contributed by atoms with van der Waals surface area (Å²) >= 11 is 12.5. The summed E-state index contributed by atoms with van der Waals surface area (Å²) in [6, 6.07) is 9.64. The molecule has 0 saturated heterocycles. The highest BCUT2D eigenvalue weighted by molar-refractivity contribution is 6.44. The number of pyridine rings is 1. The van der Waals surface area contributed by atoms with Crippen molar-refractivity contribution in [3.8, 4) is 0 Å². The molecule has 5 heteroatoms. The maximum absolute atomic E-state index is 6.37. The zero-order valence-electron chi connectivity index (χ0n) is 11.5. The van der Waals surface area contributed by atoms with Gasteiger partial charge in [-0.25, -0.2) is 4.98 Å². The highest BCUT2D eigenvalue weighted by Crippen LogP contribution is 2.37. The predicted molar refractivity (Wildman–Crippen MR) is 92.7 cm³/mol. The molecule has 1 aliphatic rings. The third-order valence-corrected chi connectivity index (χ3v) is 4.63. The zero-order valence-corrected chi connectivity index (χ0v) is 13.0. The number of fused-ring (bicyclic) bond motifs is 1. The number of nitrogens with zero attached hydrogens (tertiary/aromatic N) is 2. The van der Waals surface area contributed by atoms with Gasteiger partial charge in [-0.3, -0.25) is 4.99 Å². The van der Waals surface area contributed by atoms with E-state index >= 15 is 0 Å². The molecule has 108 valence electrons. The smallest absolute Gasteiger partial charge is 0.137 e. The van der Waals surface area contributed by atoms with E-state index in [9.17, 15) is 0 Å². The van der Waals surface area contributed by atoms with Gasteiger partial charge in [0.2, 0.25) is 0 Å². The van der Waals surface area contributed by atoms with Gasteiger partial charge in [0.25, 0.3) is 0 Å². The highest BCUT2D eigenvalue weighted by atomic mass is 35.5. The van der Waals surface area contributed by atoms with Crippen molar-refractivity contribution in [2.75, 3.05) is 6.54 Å². The SMILES string of the molecule is Clc1cccc(C2=C(c3c[nH]c4ncccc34)CN=C2)c1Cl. The van der Waals surface area contributed by atoms with Gasteiger partial charge < -0.3 is 4.98 Å². The Balaban J connectivity index is 1.95. The summed E-state index contributed by atoms with van der Waals surface area (Å²) in [7, 11) is 0. The van der Waals surface area contributed by atoms with E-state index in [4.69, 9.17) is 23.2 Å². The summed E-state index contributed by atoms with van der Waals surface area (Å²) in [4.78, 5) is 12.0. The van der Waals surface area contributed by atoms with E-state index in [1.54, 1.807) is 12.3 Å². The lowest BCUT2D eigenvalue weighted by Gasteiger charge is -2.08. The van der Waals surface area contributed by atoms with Crippen LogP contribution in [0.15, 0.2) is 47.7 Å². The summed E-state index contributed by atoms with van der Waals surface area (Å²) in [5.74, 6) is 0. The molecule has 0 saturated carbocycles. The molecule has 2 aromatic heterocycles. The normalized spacial score (nSPS) is 14.3. The van der Waals surface area contributed by atoms with Crippen LogP contribution in [0.5, 0.6) is 0 Å². The Hall–Kier alpha value is -2.10. The number of benzene rings is 1. The molecule has 3 aromatic rings. The molecular weight excluding hydrogens is 317 g/mol. The van der Waals surface area contributed by atoms with Crippen molar-refractivity contribution >= 4 is 51.6 Å². The fourth-order valence-corrected chi connectivity index (χ4v) is 3.17. The number of halogens is 2. The van der Waals surface area contributed by atoms with Gasteiger partial charge >= 0.3 is 0 Å². The molecule has 0 amide bonds. The van der Waals surface area contributed by atoms with Crippen LogP contribution in [0.1, 0.15) is 11.1 Å². The Morgan fingerprint density at radius 3 is 2.86 bits per heavy atom. The molecule has 0 aliphatic carbocycles. The first-order valence-corrected chi connectivity index (χ1v) is 7.61. The first kappa shape index (κ1) is 13.6. The molecule has 0 atom stereocenters. The van der Waals surface area contributed by atoms with E-state index in [2.05, 4.69) is 21.0 Å². The lowest BCUT2D eigenvalue weighted by Crippen LogP contribution is -1.91. The lowest BCUT2D eigenvalue weighted by molar-refractivity contribution is 1.30. The van der Waals surface area contributed by atoms with Crippen LogP contribution in [0.3, 0.4) is 0 Å². The molecule has 1 aromatic carbocycles. The minimum absolute atomic E-state index is 0.548. The third-order valence-electron chi connectivity index (χ3n) is 3.81. The van der Waals surface area contributed by atoms with Crippen LogP contribution in [-0.2, 0) is 0 Å². The standard InChI is InChI=1S/C17H11Cl2N3/c18-15-5-1-3-10(16(15)19)12-7-20-8-13(12)14-9-22-17-11(14)4-2-6-21-17/h1-7,9H,8H2,(H,21,22). The largest absolute Gasteiger partial charge is 0.346 e. The third kappa shape index (κ3) is 2.05. The van der Waals surface area contributed by atoms with E-state index in [0.29, 0.717) is 16.6 Å². The second-order valence-electron chi connectivity index (χ2n) is 5.07. The average molecular weight is 328 g/mol. The van der Waals surface area contributed by atoms with Gasteiger partial charge in [-0.2, -0.15) is 0 Å². The average Bonchev–Trinajstić information content (AvgIpc) is 3.16. The summed E-state index contributed by atoms with van der Waals surface area (Å²) in [5.41, 5.74) is 5.02. The van der Waals surface area contributed by atoms with Crippen molar-refractivity contribution in [1.82, 2.24) is 9.97 Å². The molecule has 3 nitrogen and oxygen atoms in total. The first-order chi connectivity index (χ1) is 10.8. The van der Waals surface area contributed by atoms with E-state index in [-0.39, 0.29) is 0 Å². The van der Waals surface area contributed by atoms with Gasteiger partial charge in [0.05, 0.1) is 16.6 Å². The molecule has 0 bridgehead atoms. The number of H-pyrrole nitrogens is 1. The Labute approximate surface area is 137 Å². The molecule has 0 fully saturated rings. The number of allylic oxidation sites excluding steroid dienone is 1. The van der Waals surface area contributed by atoms with Crippen LogP contribution >= 0.6 is 23.2 Å². The summed E-state index contributed by atoms with van der Waals surface area (Å²) in [5, 5.41) is 2.19. The maximum atomic E-state index is 6.37. The van der Waals surface area contributed by atoms with Crippen LogP contribution in [0.4, 0.5) is 0 Å². The van der Waals surface area contributed by atoms with Crippen molar-refractivity contribution in [3.05, 3.63) is 63.9 Å². The molecule has 3 heterocycles. The minimum Gasteiger partial charge on any atom is -0.346 e. The number of hydrogen-bond donors (Lipinski definition) is 1. The van der Waals surface area contributed by atoms with E-state index < -0.39 is 0 Å². The van der Waals surface area contributed by atoms with Crippen molar-refractivity contribution in [2.45, 2.75) is 0 Å². The number of aromatic amines is 1. The van der Waals surface area contributed by atoms with E-state index in [0.717, 1.165) is 33.3 Å². The predicted octanol–water partition coefficient (Wildman–Crippen LogP) is 4.86. The van der Waals surface area contributed by atoms with Gasteiger partial charge in [0, 0.05) is 40.7 Å². The first-order valence-electron chi connectivity index (χ1n) is 6.85. The van der Waals surface area contributed by atoms with Crippen LogP contribution in [0.25, 0.3) is 22.2 Å². The molecule has 0 radical (unpaired) electrons. The number of rotatable bonds is 2. The van der Waals surface area contributed by atoms with E-state index in [1.165, 1.54) is 0 Å². The van der Waals surface area contributed by atoms with Gasteiger partial charge in [-0.1, -0.05) is 35.3 Å². The molecule has 22 heavy (non-hydrogen) atoms. The molecule has 1 aliphatic heterocycles. The quantitative estimate of drug-likeness (QED) is 0.717. The molecular formula is C17H11Cl2N3. The van der Waals surface area contributed by atoms with Gasteiger partial charge in [0.15, 0.2) is 0 Å². The molecule has 0 spiro atoms. The molecule has 4 rings (SSSR count). The fraction of sp³-hybridized carbons (Fsp3) is 0.0588. The van der Waals surface area contributed by atoms with Gasteiger partial charge in [0.1, 0.15) is 5.65 Å². The molecule has 1 N–H and O–H groups in total. The summed E-state index contributed by atoms with van der Waals surface area (Å²) in [6.45, 7) is 0.625. The number of hydrogen-bond acceptors (Lipinski definition) is 2. The van der Waals surface area contributed by atoms with E-state index in [1.807, 2.05) is 30.6 Å². The zero-order chi connectivity index (χ0) is 15.1. The van der Waals surface area contributed by atoms with Crippen molar-refractivity contribution in [3.63, 3.8) is 0 Å². The number of aliphatic imine (C=N–C) groups is 1. The fourth-order valence-electron chi connectivity index (χ4n) is 2.77. The Bertz CT molecular complexity index is 938. The second-order valence-corrected chi connectivity index (χ2v) is 5.85. The topological polar surface area (TPSA) is 41.0 Å². The summed E-state index contributed by atoms with van der Waals surface area (Å²) in [6.07, 6.45) is 5.61.